The molecule has 0 rings (SSSR count). The lowest BCUT2D eigenvalue weighted by atomic mass is 10.2. The third kappa shape index (κ3) is 6.88. The van der Waals surface area contributed by atoms with E-state index in [9.17, 15) is 8.42 Å². The van der Waals surface area contributed by atoms with Crippen molar-refractivity contribution in [1.82, 2.24) is 4.72 Å². The summed E-state index contributed by atoms with van der Waals surface area (Å²) < 4.78 is 24.1. The fourth-order valence-corrected chi connectivity index (χ4v) is 1.82. The van der Waals surface area contributed by atoms with Gasteiger partial charge < -0.3 is 0 Å². The molecule has 0 amide bonds. The molecule has 1 N–H and O–H groups in total. The van der Waals surface area contributed by atoms with Crippen molar-refractivity contribution in [2.24, 2.45) is 0 Å². The van der Waals surface area contributed by atoms with Crippen molar-refractivity contribution in [3.05, 3.63) is 0 Å². The Morgan fingerprint density at radius 2 is 1.75 bits per heavy atom. The van der Waals surface area contributed by atoms with Crippen LogP contribution in [0.25, 0.3) is 0 Å². The summed E-state index contributed by atoms with van der Waals surface area (Å²) in [5.41, 5.74) is 0. The van der Waals surface area contributed by atoms with Crippen LogP contribution in [0, 0.1) is 0 Å². The summed E-state index contributed by atoms with van der Waals surface area (Å²) in [6.45, 7) is 0. The summed E-state index contributed by atoms with van der Waals surface area (Å²) in [4.78, 5) is 0. The van der Waals surface area contributed by atoms with Crippen LogP contribution >= 0.6 is 11.6 Å². The highest BCUT2D eigenvalue weighted by Crippen LogP contribution is 2.02. The minimum Gasteiger partial charge on any atom is -0.218 e. The van der Waals surface area contributed by atoms with Gasteiger partial charge in [-0.25, -0.2) is 13.1 Å². The van der Waals surface area contributed by atoms with E-state index < -0.39 is 10.0 Å². The number of unbranched alkanes of at least 4 members (excludes halogenated alkanes) is 3. The highest BCUT2D eigenvalue weighted by atomic mass is 35.5. The van der Waals surface area contributed by atoms with Gasteiger partial charge in [0.25, 0.3) is 0 Å². The molecule has 0 aliphatic rings. The minimum atomic E-state index is -2.99. The number of hydrogen-bond acceptors (Lipinski definition) is 2. The largest absolute Gasteiger partial charge is 0.218 e. The monoisotopic (exact) mass is 213 g/mol. The summed E-state index contributed by atoms with van der Waals surface area (Å²) in [7, 11) is -1.55. The molecule has 0 aromatic carbocycles. The second-order valence-corrected chi connectivity index (χ2v) is 5.05. The maximum atomic E-state index is 10.9. The van der Waals surface area contributed by atoms with Gasteiger partial charge in [0.15, 0.2) is 0 Å². The van der Waals surface area contributed by atoms with Crippen LogP contribution in [0.2, 0.25) is 0 Å². The molecule has 0 spiro atoms. The van der Waals surface area contributed by atoms with E-state index in [1.54, 1.807) is 0 Å². The molecular weight excluding hydrogens is 198 g/mol. The highest BCUT2D eigenvalue weighted by molar-refractivity contribution is 7.89. The molecule has 0 heterocycles. The molecule has 5 heteroatoms. The van der Waals surface area contributed by atoms with E-state index in [1.807, 2.05) is 0 Å². The summed E-state index contributed by atoms with van der Waals surface area (Å²) in [5.74, 6) is 0.893. The van der Waals surface area contributed by atoms with Gasteiger partial charge in [0.05, 0.1) is 5.75 Å². The highest BCUT2D eigenvalue weighted by Gasteiger charge is 2.04. The Balaban J connectivity index is 3.32. The maximum absolute atomic E-state index is 10.9. The Morgan fingerprint density at radius 1 is 1.17 bits per heavy atom. The summed E-state index contributed by atoms with van der Waals surface area (Å²) >= 11 is 5.47. The van der Waals surface area contributed by atoms with E-state index in [1.165, 1.54) is 7.05 Å². The number of rotatable bonds is 7. The van der Waals surface area contributed by atoms with Crippen molar-refractivity contribution < 1.29 is 8.42 Å². The number of halogens is 1. The zero-order chi connectivity index (χ0) is 9.45. The molecule has 0 saturated carbocycles. The Bertz CT molecular complexity index is 192. The molecule has 0 atom stereocenters. The van der Waals surface area contributed by atoms with Gasteiger partial charge in [-0.05, 0) is 19.9 Å². The van der Waals surface area contributed by atoms with Gasteiger partial charge in [0, 0.05) is 5.88 Å². The molecule has 0 aliphatic heterocycles. The van der Waals surface area contributed by atoms with Crippen molar-refractivity contribution in [1.29, 1.82) is 0 Å². The molecular formula is C7H16ClNO2S. The third-order valence-corrected chi connectivity index (χ3v) is 3.32. The second-order valence-electron chi connectivity index (χ2n) is 2.63. The molecule has 0 aliphatic carbocycles. The van der Waals surface area contributed by atoms with Gasteiger partial charge in [-0.15, -0.1) is 11.6 Å². The molecule has 0 aromatic heterocycles. The minimum absolute atomic E-state index is 0.228. The van der Waals surface area contributed by atoms with E-state index in [4.69, 9.17) is 11.6 Å². The number of nitrogens with one attached hydrogen (secondary N) is 1. The van der Waals surface area contributed by atoms with E-state index in [0.717, 1.165) is 25.7 Å². The van der Waals surface area contributed by atoms with E-state index >= 15 is 0 Å². The van der Waals surface area contributed by atoms with Crippen molar-refractivity contribution >= 4 is 21.6 Å². The van der Waals surface area contributed by atoms with Gasteiger partial charge in [-0.2, -0.15) is 0 Å². The first-order valence-electron chi connectivity index (χ1n) is 4.09. The smallest absolute Gasteiger partial charge is 0.211 e. The predicted molar refractivity (Wildman–Crippen MR) is 52.0 cm³/mol. The van der Waals surface area contributed by atoms with Crippen molar-refractivity contribution in [2.45, 2.75) is 25.7 Å². The first-order chi connectivity index (χ1) is 5.62. The summed E-state index contributed by atoms with van der Waals surface area (Å²) in [6.07, 6.45) is 3.65. The van der Waals surface area contributed by atoms with Gasteiger partial charge in [-0.1, -0.05) is 12.8 Å². The molecule has 0 aromatic rings. The van der Waals surface area contributed by atoms with E-state index in [2.05, 4.69) is 4.72 Å². The normalized spacial score (nSPS) is 11.8. The van der Waals surface area contributed by atoms with Crippen LogP contribution in [0.5, 0.6) is 0 Å². The fourth-order valence-electron chi connectivity index (χ4n) is 0.842. The number of hydrogen-bond donors (Lipinski definition) is 1. The third-order valence-electron chi connectivity index (χ3n) is 1.61. The van der Waals surface area contributed by atoms with Crippen molar-refractivity contribution in [3.63, 3.8) is 0 Å². The lowest BCUT2D eigenvalue weighted by molar-refractivity contribution is 0.581. The summed E-state index contributed by atoms with van der Waals surface area (Å²) in [5, 5.41) is 0. The maximum Gasteiger partial charge on any atom is 0.211 e. The van der Waals surface area contributed by atoms with Gasteiger partial charge in [0.1, 0.15) is 0 Å². The van der Waals surface area contributed by atoms with E-state index in [-0.39, 0.29) is 5.75 Å². The first-order valence-corrected chi connectivity index (χ1v) is 6.28. The molecule has 74 valence electrons. The van der Waals surface area contributed by atoms with Gasteiger partial charge in [0.2, 0.25) is 10.0 Å². The van der Waals surface area contributed by atoms with Crippen molar-refractivity contribution in [3.8, 4) is 0 Å². The van der Waals surface area contributed by atoms with Gasteiger partial charge >= 0.3 is 0 Å². The lowest BCUT2D eigenvalue weighted by Crippen LogP contribution is -2.21. The molecule has 0 fully saturated rings. The first kappa shape index (κ1) is 12.2. The van der Waals surface area contributed by atoms with Crippen LogP contribution in [0.3, 0.4) is 0 Å². The Labute approximate surface area is 79.5 Å². The standard InChI is InChI=1S/C7H16ClNO2S/c1-9-12(10,11)7-5-3-2-4-6-8/h9H,2-7H2,1H3. The average molecular weight is 214 g/mol. The van der Waals surface area contributed by atoms with Crippen LogP contribution in [-0.2, 0) is 10.0 Å². The molecule has 0 unspecified atom stereocenters. The Kier molecular flexibility index (Phi) is 6.80. The lowest BCUT2D eigenvalue weighted by Gasteiger charge is -2.00. The van der Waals surface area contributed by atoms with Crippen LogP contribution < -0.4 is 4.72 Å². The van der Waals surface area contributed by atoms with Crippen LogP contribution in [0.4, 0.5) is 0 Å². The zero-order valence-corrected chi connectivity index (χ0v) is 8.92. The quantitative estimate of drug-likeness (QED) is 0.513. The zero-order valence-electron chi connectivity index (χ0n) is 7.35. The molecule has 12 heavy (non-hydrogen) atoms. The Morgan fingerprint density at radius 3 is 2.25 bits per heavy atom. The van der Waals surface area contributed by atoms with Crippen LogP contribution in [0.1, 0.15) is 25.7 Å². The van der Waals surface area contributed by atoms with Gasteiger partial charge in [-0.3, -0.25) is 0 Å². The molecule has 0 saturated heterocycles. The SMILES string of the molecule is CNS(=O)(=O)CCCCCCCl. The molecule has 0 bridgehead atoms. The second kappa shape index (κ2) is 6.69. The van der Waals surface area contributed by atoms with Crippen LogP contribution in [-0.4, -0.2) is 27.1 Å². The summed E-state index contributed by atoms with van der Waals surface area (Å²) in [6, 6.07) is 0. The Hall–Kier alpha value is 0.200. The van der Waals surface area contributed by atoms with E-state index in [0.29, 0.717) is 5.88 Å². The number of sulfonamides is 1. The molecule has 0 radical (unpaired) electrons. The van der Waals surface area contributed by atoms with Crippen molar-refractivity contribution in [2.75, 3.05) is 18.7 Å². The average Bonchev–Trinajstić information content (AvgIpc) is 2.04. The van der Waals surface area contributed by atoms with Crippen LogP contribution in [0.15, 0.2) is 0 Å². The predicted octanol–water partition coefficient (Wildman–Crippen LogP) is 1.33. The number of alkyl halides is 1. The topological polar surface area (TPSA) is 46.2 Å². The fraction of sp³-hybridized carbons (Fsp3) is 1.00. The molecule has 3 nitrogen and oxygen atoms in total.